The van der Waals surface area contributed by atoms with Crippen molar-refractivity contribution in [1.29, 1.82) is 0 Å². The van der Waals surface area contributed by atoms with Gasteiger partial charge in [0.05, 0.1) is 6.04 Å². The van der Waals surface area contributed by atoms with Crippen LogP contribution in [0.1, 0.15) is 30.0 Å². The summed E-state index contributed by atoms with van der Waals surface area (Å²) >= 11 is 1.66. The lowest BCUT2D eigenvalue weighted by atomic mass is 10.0. The number of phenolic OH excluding ortho intramolecular Hbond substituents is 1. The number of aromatic nitrogens is 1. The van der Waals surface area contributed by atoms with E-state index < -0.39 is 0 Å². The van der Waals surface area contributed by atoms with Crippen LogP contribution < -0.4 is 5.32 Å². The Kier molecular flexibility index (Phi) is 4.18. The number of nitrogens with zero attached hydrogens (tertiary/aromatic N) is 1. The molecule has 21 heavy (non-hydrogen) atoms. The SMILES string of the molecule is CCC(NCc1c(O)ccc2ccccc12)c1nccs1. The van der Waals surface area contributed by atoms with Crippen molar-refractivity contribution in [3.63, 3.8) is 0 Å². The van der Waals surface area contributed by atoms with Gasteiger partial charge in [0.25, 0.3) is 0 Å². The third-order valence-electron chi connectivity index (χ3n) is 3.70. The molecule has 0 fully saturated rings. The lowest BCUT2D eigenvalue weighted by molar-refractivity contribution is 0.456. The molecule has 1 atom stereocenters. The van der Waals surface area contributed by atoms with Crippen LogP contribution in [0.4, 0.5) is 0 Å². The minimum Gasteiger partial charge on any atom is -0.508 e. The smallest absolute Gasteiger partial charge is 0.120 e. The Morgan fingerprint density at radius 2 is 2.10 bits per heavy atom. The quantitative estimate of drug-likeness (QED) is 0.740. The topological polar surface area (TPSA) is 45.1 Å². The van der Waals surface area contributed by atoms with Crippen LogP contribution in [-0.4, -0.2) is 10.1 Å². The minimum atomic E-state index is 0.225. The average Bonchev–Trinajstić information content (AvgIpc) is 3.04. The first-order chi connectivity index (χ1) is 10.3. The standard InChI is InChI=1S/C17H18N2OS/c1-2-15(17-18-9-10-21-17)19-11-14-13-6-4-3-5-12(13)7-8-16(14)20/h3-10,15,19-20H,2,11H2,1H3. The number of thiazole rings is 1. The molecule has 4 heteroatoms. The van der Waals surface area contributed by atoms with Crippen molar-refractivity contribution in [2.45, 2.75) is 25.9 Å². The normalized spacial score (nSPS) is 12.6. The van der Waals surface area contributed by atoms with Gasteiger partial charge < -0.3 is 10.4 Å². The van der Waals surface area contributed by atoms with Gasteiger partial charge in [0.1, 0.15) is 10.8 Å². The van der Waals surface area contributed by atoms with E-state index >= 15 is 0 Å². The summed E-state index contributed by atoms with van der Waals surface area (Å²) < 4.78 is 0. The summed E-state index contributed by atoms with van der Waals surface area (Å²) in [6.45, 7) is 2.77. The zero-order valence-corrected chi connectivity index (χ0v) is 12.7. The summed E-state index contributed by atoms with van der Waals surface area (Å²) in [7, 11) is 0. The van der Waals surface area contributed by atoms with Gasteiger partial charge in [-0.1, -0.05) is 37.3 Å². The van der Waals surface area contributed by atoms with Crippen molar-refractivity contribution < 1.29 is 5.11 Å². The molecule has 0 saturated carbocycles. The van der Waals surface area contributed by atoms with Crippen LogP contribution in [-0.2, 0) is 6.54 Å². The van der Waals surface area contributed by atoms with E-state index in [2.05, 4.69) is 29.4 Å². The Bertz CT molecular complexity index is 725. The first kappa shape index (κ1) is 14.0. The predicted molar refractivity (Wildman–Crippen MR) is 87.6 cm³/mol. The Labute approximate surface area is 128 Å². The molecular weight excluding hydrogens is 280 g/mol. The molecular formula is C17H18N2OS. The van der Waals surface area contributed by atoms with Crippen LogP contribution in [0.2, 0.25) is 0 Å². The fraction of sp³-hybridized carbons (Fsp3) is 0.235. The largest absolute Gasteiger partial charge is 0.508 e. The van der Waals surface area contributed by atoms with E-state index in [-0.39, 0.29) is 6.04 Å². The van der Waals surface area contributed by atoms with E-state index in [1.807, 2.05) is 29.8 Å². The van der Waals surface area contributed by atoms with E-state index in [4.69, 9.17) is 0 Å². The maximum Gasteiger partial charge on any atom is 0.120 e. The van der Waals surface area contributed by atoms with E-state index in [9.17, 15) is 5.11 Å². The Balaban J connectivity index is 1.86. The molecule has 0 radical (unpaired) electrons. The highest BCUT2D eigenvalue weighted by Gasteiger charge is 2.13. The summed E-state index contributed by atoms with van der Waals surface area (Å²) in [5, 5.41) is 19.0. The Morgan fingerprint density at radius 1 is 1.24 bits per heavy atom. The highest BCUT2D eigenvalue weighted by molar-refractivity contribution is 7.09. The lowest BCUT2D eigenvalue weighted by Crippen LogP contribution is -2.20. The van der Waals surface area contributed by atoms with Gasteiger partial charge in [0, 0.05) is 23.7 Å². The zero-order chi connectivity index (χ0) is 14.7. The molecule has 0 bridgehead atoms. The van der Waals surface area contributed by atoms with Crippen molar-refractivity contribution in [1.82, 2.24) is 10.3 Å². The molecule has 0 aliphatic carbocycles. The van der Waals surface area contributed by atoms with E-state index in [0.717, 1.165) is 27.8 Å². The number of hydrogen-bond donors (Lipinski definition) is 2. The van der Waals surface area contributed by atoms with Crippen LogP contribution in [0.3, 0.4) is 0 Å². The van der Waals surface area contributed by atoms with Crippen LogP contribution >= 0.6 is 11.3 Å². The van der Waals surface area contributed by atoms with Gasteiger partial charge in [0.15, 0.2) is 0 Å². The van der Waals surface area contributed by atoms with Gasteiger partial charge in [-0.15, -0.1) is 11.3 Å². The fourth-order valence-electron chi connectivity index (χ4n) is 2.55. The molecule has 3 rings (SSSR count). The monoisotopic (exact) mass is 298 g/mol. The molecule has 0 amide bonds. The Hall–Kier alpha value is -1.91. The van der Waals surface area contributed by atoms with Gasteiger partial charge in [-0.3, -0.25) is 0 Å². The zero-order valence-electron chi connectivity index (χ0n) is 11.9. The predicted octanol–water partition coefficient (Wildman–Crippen LogP) is 4.24. The molecule has 1 aromatic heterocycles. The number of nitrogens with one attached hydrogen (secondary N) is 1. The van der Waals surface area contributed by atoms with Crippen molar-refractivity contribution in [3.8, 4) is 5.75 Å². The third-order valence-corrected chi connectivity index (χ3v) is 4.59. The molecule has 0 saturated heterocycles. The second kappa shape index (κ2) is 6.24. The summed E-state index contributed by atoms with van der Waals surface area (Å²) in [5.74, 6) is 0.343. The highest BCUT2D eigenvalue weighted by atomic mass is 32.1. The maximum atomic E-state index is 10.2. The third kappa shape index (κ3) is 2.91. The molecule has 1 heterocycles. The Morgan fingerprint density at radius 3 is 2.86 bits per heavy atom. The molecule has 2 N–H and O–H groups in total. The van der Waals surface area contributed by atoms with Gasteiger partial charge in [-0.2, -0.15) is 0 Å². The van der Waals surface area contributed by atoms with E-state index in [1.165, 1.54) is 0 Å². The number of fused-ring (bicyclic) bond motifs is 1. The summed E-state index contributed by atoms with van der Waals surface area (Å²) in [6.07, 6.45) is 2.80. The molecule has 0 spiro atoms. The summed E-state index contributed by atoms with van der Waals surface area (Å²) in [4.78, 5) is 4.38. The lowest BCUT2D eigenvalue weighted by Gasteiger charge is -2.16. The first-order valence-electron chi connectivity index (χ1n) is 7.12. The van der Waals surface area contributed by atoms with Gasteiger partial charge >= 0.3 is 0 Å². The molecule has 108 valence electrons. The van der Waals surface area contributed by atoms with Crippen LogP contribution in [0.5, 0.6) is 5.75 Å². The van der Waals surface area contributed by atoms with Crippen LogP contribution in [0.15, 0.2) is 48.0 Å². The second-order valence-electron chi connectivity index (χ2n) is 5.00. The summed E-state index contributed by atoms with van der Waals surface area (Å²) in [5.41, 5.74) is 0.947. The van der Waals surface area contributed by atoms with Gasteiger partial charge in [-0.25, -0.2) is 4.98 Å². The van der Waals surface area contributed by atoms with Crippen molar-refractivity contribution >= 4 is 22.1 Å². The molecule has 0 aliphatic heterocycles. The fourth-order valence-corrected chi connectivity index (χ4v) is 3.35. The molecule has 2 aromatic carbocycles. The number of rotatable bonds is 5. The van der Waals surface area contributed by atoms with Crippen molar-refractivity contribution in [3.05, 3.63) is 58.5 Å². The number of aromatic hydroxyl groups is 1. The number of hydrogen-bond acceptors (Lipinski definition) is 4. The maximum absolute atomic E-state index is 10.2. The van der Waals surface area contributed by atoms with Gasteiger partial charge in [0.2, 0.25) is 0 Å². The number of benzene rings is 2. The van der Waals surface area contributed by atoms with Crippen molar-refractivity contribution in [2.24, 2.45) is 0 Å². The second-order valence-corrected chi connectivity index (χ2v) is 5.92. The van der Waals surface area contributed by atoms with Crippen LogP contribution in [0, 0.1) is 0 Å². The van der Waals surface area contributed by atoms with E-state index in [1.54, 1.807) is 17.4 Å². The molecule has 0 aliphatic rings. The van der Waals surface area contributed by atoms with Crippen molar-refractivity contribution in [2.75, 3.05) is 0 Å². The number of phenols is 1. The van der Waals surface area contributed by atoms with Gasteiger partial charge in [-0.05, 0) is 23.3 Å². The average molecular weight is 298 g/mol. The summed E-state index contributed by atoms with van der Waals surface area (Å²) in [6, 6.07) is 12.1. The molecule has 1 unspecified atom stereocenters. The van der Waals surface area contributed by atoms with E-state index in [0.29, 0.717) is 12.3 Å². The molecule has 3 aromatic rings. The van der Waals surface area contributed by atoms with Crippen LogP contribution in [0.25, 0.3) is 10.8 Å². The first-order valence-corrected chi connectivity index (χ1v) is 8.00. The highest BCUT2D eigenvalue weighted by Crippen LogP contribution is 2.28. The molecule has 3 nitrogen and oxygen atoms in total. The minimum absolute atomic E-state index is 0.225.